The van der Waals surface area contributed by atoms with Crippen molar-refractivity contribution in [3.05, 3.63) is 59.7 Å². The highest BCUT2D eigenvalue weighted by Crippen LogP contribution is 2.19. The molecule has 23 heavy (non-hydrogen) atoms. The Balaban J connectivity index is 2.20. The molecular formula is C17H20N2O3S. The molecule has 6 heteroatoms. The quantitative estimate of drug-likeness (QED) is 0.915. The van der Waals surface area contributed by atoms with E-state index in [1.54, 1.807) is 18.2 Å². The summed E-state index contributed by atoms with van der Waals surface area (Å²) in [5.74, 6) is -0.384. The summed E-state index contributed by atoms with van der Waals surface area (Å²) < 4.78 is 25.1. The lowest BCUT2D eigenvalue weighted by Gasteiger charge is -2.22. The van der Waals surface area contributed by atoms with Crippen LogP contribution in [-0.4, -0.2) is 27.1 Å². The lowest BCUT2D eigenvalue weighted by atomic mass is 10.2. The molecule has 0 aromatic heterocycles. The van der Waals surface area contributed by atoms with E-state index in [4.69, 9.17) is 0 Å². The Labute approximate surface area is 137 Å². The molecule has 1 N–H and O–H groups in total. The predicted molar refractivity (Wildman–Crippen MR) is 93.2 cm³/mol. The number of carbonyl (C=O) groups excluding carboxylic acids is 1. The molecule has 0 aliphatic heterocycles. The second-order valence-electron chi connectivity index (χ2n) is 5.47. The molecule has 0 fully saturated rings. The third-order valence-electron chi connectivity index (χ3n) is 3.43. The maximum atomic E-state index is 12.2. The molecule has 0 atom stereocenters. The molecule has 1 amide bonds. The number of anilines is 2. The molecule has 2 aromatic carbocycles. The zero-order chi connectivity index (χ0) is 17.0. The minimum absolute atomic E-state index is 0.268. The van der Waals surface area contributed by atoms with Crippen molar-refractivity contribution in [2.75, 3.05) is 22.4 Å². The minimum Gasteiger partial charge on any atom is -0.324 e. The molecule has 0 saturated heterocycles. The first-order valence-electron chi connectivity index (χ1n) is 7.17. The molecule has 0 saturated carbocycles. The highest BCUT2D eigenvalue weighted by atomic mass is 32.2. The molecule has 0 aliphatic carbocycles. The van der Waals surface area contributed by atoms with Gasteiger partial charge in [-0.1, -0.05) is 35.9 Å². The van der Waals surface area contributed by atoms with Gasteiger partial charge in [-0.15, -0.1) is 0 Å². The summed E-state index contributed by atoms with van der Waals surface area (Å²) in [6.07, 6.45) is 1.09. The SMILES string of the molecule is Cc1ccc(N(CC(=O)Nc2ccccc2C)S(C)(=O)=O)cc1. The molecule has 122 valence electrons. The van der Waals surface area contributed by atoms with Crippen molar-refractivity contribution in [2.24, 2.45) is 0 Å². The number of aryl methyl sites for hydroxylation is 2. The average Bonchev–Trinajstić information content (AvgIpc) is 2.47. The fourth-order valence-corrected chi connectivity index (χ4v) is 3.00. The van der Waals surface area contributed by atoms with Crippen LogP contribution < -0.4 is 9.62 Å². The third-order valence-corrected chi connectivity index (χ3v) is 4.57. The summed E-state index contributed by atoms with van der Waals surface area (Å²) >= 11 is 0. The summed E-state index contributed by atoms with van der Waals surface area (Å²) in [4.78, 5) is 12.2. The Kier molecular flexibility index (Phi) is 5.05. The Hall–Kier alpha value is -2.34. The topological polar surface area (TPSA) is 66.5 Å². The van der Waals surface area contributed by atoms with Crippen LogP contribution in [0.25, 0.3) is 0 Å². The van der Waals surface area contributed by atoms with Crippen LogP contribution in [0.5, 0.6) is 0 Å². The summed E-state index contributed by atoms with van der Waals surface area (Å²) in [7, 11) is -3.56. The molecule has 0 spiro atoms. The fourth-order valence-electron chi connectivity index (χ4n) is 2.14. The van der Waals surface area contributed by atoms with Crippen LogP contribution in [0.3, 0.4) is 0 Å². The fraction of sp³-hybridized carbons (Fsp3) is 0.235. The van der Waals surface area contributed by atoms with Crippen molar-refractivity contribution in [1.82, 2.24) is 0 Å². The summed E-state index contributed by atoms with van der Waals surface area (Å²) in [6, 6.07) is 14.4. The maximum absolute atomic E-state index is 12.2. The Morgan fingerprint density at radius 2 is 1.65 bits per heavy atom. The summed E-state index contributed by atoms with van der Waals surface area (Å²) in [6.45, 7) is 3.53. The summed E-state index contributed by atoms with van der Waals surface area (Å²) in [5.41, 5.74) is 3.08. The second kappa shape index (κ2) is 6.83. The number of sulfonamides is 1. The Bertz CT molecular complexity index is 799. The van der Waals surface area contributed by atoms with Gasteiger partial charge in [-0.2, -0.15) is 0 Å². The average molecular weight is 332 g/mol. The van der Waals surface area contributed by atoms with Crippen LogP contribution in [0, 0.1) is 13.8 Å². The van der Waals surface area contributed by atoms with Crippen LogP contribution in [0.2, 0.25) is 0 Å². The first kappa shape index (κ1) is 17.0. The van der Waals surface area contributed by atoms with Gasteiger partial charge in [0.1, 0.15) is 6.54 Å². The minimum atomic E-state index is -3.56. The van der Waals surface area contributed by atoms with E-state index in [-0.39, 0.29) is 12.5 Å². The van der Waals surface area contributed by atoms with Gasteiger partial charge >= 0.3 is 0 Å². The molecule has 0 aliphatic rings. The van der Waals surface area contributed by atoms with Crippen molar-refractivity contribution in [3.63, 3.8) is 0 Å². The maximum Gasteiger partial charge on any atom is 0.245 e. The smallest absolute Gasteiger partial charge is 0.245 e. The van der Waals surface area contributed by atoms with Crippen molar-refractivity contribution in [2.45, 2.75) is 13.8 Å². The van der Waals surface area contributed by atoms with Gasteiger partial charge in [0.25, 0.3) is 0 Å². The van der Waals surface area contributed by atoms with E-state index in [2.05, 4.69) is 5.32 Å². The number of hydrogen-bond donors (Lipinski definition) is 1. The molecule has 2 aromatic rings. The molecule has 0 radical (unpaired) electrons. The number of hydrogen-bond acceptors (Lipinski definition) is 3. The number of carbonyl (C=O) groups is 1. The van der Waals surface area contributed by atoms with E-state index < -0.39 is 10.0 Å². The Morgan fingerprint density at radius 3 is 2.22 bits per heavy atom. The van der Waals surface area contributed by atoms with E-state index in [9.17, 15) is 13.2 Å². The molecule has 0 bridgehead atoms. The zero-order valence-electron chi connectivity index (χ0n) is 13.4. The van der Waals surface area contributed by atoms with Crippen LogP contribution in [0.4, 0.5) is 11.4 Å². The van der Waals surface area contributed by atoms with Gasteiger partial charge in [0, 0.05) is 5.69 Å². The molecule has 5 nitrogen and oxygen atoms in total. The second-order valence-corrected chi connectivity index (χ2v) is 7.38. The van der Waals surface area contributed by atoms with Crippen LogP contribution in [0.1, 0.15) is 11.1 Å². The van der Waals surface area contributed by atoms with Crippen LogP contribution in [-0.2, 0) is 14.8 Å². The third kappa shape index (κ3) is 4.56. The lowest BCUT2D eigenvalue weighted by molar-refractivity contribution is -0.114. The van der Waals surface area contributed by atoms with E-state index in [1.807, 2.05) is 44.2 Å². The highest BCUT2D eigenvalue weighted by molar-refractivity contribution is 7.92. The van der Waals surface area contributed by atoms with Gasteiger partial charge in [-0.3, -0.25) is 9.10 Å². The van der Waals surface area contributed by atoms with Crippen molar-refractivity contribution >= 4 is 27.3 Å². The first-order chi connectivity index (χ1) is 10.8. The van der Waals surface area contributed by atoms with Crippen molar-refractivity contribution in [1.29, 1.82) is 0 Å². The number of benzene rings is 2. The van der Waals surface area contributed by atoms with E-state index in [0.717, 1.165) is 21.7 Å². The highest BCUT2D eigenvalue weighted by Gasteiger charge is 2.21. The number of rotatable bonds is 5. The lowest BCUT2D eigenvalue weighted by Crippen LogP contribution is -2.37. The van der Waals surface area contributed by atoms with Crippen LogP contribution >= 0.6 is 0 Å². The standard InChI is InChI=1S/C17H20N2O3S/c1-13-8-10-15(11-9-13)19(23(3,21)22)12-17(20)18-16-7-5-4-6-14(16)2/h4-11H,12H2,1-3H3,(H,18,20). The summed E-state index contributed by atoms with van der Waals surface area (Å²) in [5, 5.41) is 2.75. The van der Waals surface area contributed by atoms with Crippen LogP contribution in [0.15, 0.2) is 48.5 Å². The van der Waals surface area contributed by atoms with Crippen molar-refractivity contribution < 1.29 is 13.2 Å². The van der Waals surface area contributed by atoms with Gasteiger partial charge in [0.05, 0.1) is 11.9 Å². The van der Waals surface area contributed by atoms with Gasteiger partial charge in [0.2, 0.25) is 15.9 Å². The first-order valence-corrected chi connectivity index (χ1v) is 9.02. The monoisotopic (exact) mass is 332 g/mol. The largest absolute Gasteiger partial charge is 0.324 e. The van der Waals surface area contributed by atoms with E-state index in [1.165, 1.54) is 0 Å². The number of para-hydroxylation sites is 1. The molecule has 2 rings (SSSR count). The number of nitrogens with one attached hydrogen (secondary N) is 1. The predicted octanol–water partition coefficient (Wildman–Crippen LogP) is 2.71. The number of amides is 1. The van der Waals surface area contributed by atoms with E-state index >= 15 is 0 Å². The van der Waals surface area contributed by atoms with Gasteiger partial charge in [-0.05, 0) is 37.6 Å². The van der Waals surface area contributed by atoms with Gasteiger partial charge in [-0.25, -0.2) is 8.42 Å². The van der Waals surface area contributed by atoms with E-state index in [0.29, 0.717) is 11.4 Å². The zero-order valence-corrected chi connectivity index (χ0v) is 14.2. The number of nitrogens with zero attached hydrogens (tertiary/aromatic N) is 1. The molecule has 0 unspecified atom stereocenters. The van der Waals surface area contributed by atoms with Crippen molar-refractivity contribution in [3.8, 4) is 0 Å². The normalized spacial score (nSPS) is 11.1. The molecule has 0 heterocycles. The Morgan fingerprint density at radius 1 is 1.04 bits per heavy atom. The molecular weight excluding hydrogens is 312 g/mol. The van der Waals surface area contributed by atoms with Gasteiger partial charge in [0.15, 0.2) is 0 Å². The van der Waals surface area contributed by atoms with Gasteiger partial charge < -0.3 is 5.32 Å².